The molecule has 0 saturated heterocycles. The molecule has 92 valence electrons. The molecule has 0 aliphatic heterocycles. The molecule has 2 aromatic rings. The number of nitrogens with zero attached hydrogens (tertiary/aromatic N) is 3. The number of imidazole rings is 1. The Labute approximate surface area is 106 Å². The SMILES string of the molecule is CC(C)Cn1ccnc1NC(C)c1nccs1. The average molecular weight is 250 g/mol. The van der Waals surface area contributed by atoms with Gasteiger partial charge in [0.2, 0.25) is 5.95 Å². The van der Waals surface area contributed by atoms with Crippen molar-refractivity contribution in [3.63, 3.8) is 0 Å². The lowest BCUT2D eigenvalue weighted by molar-refractivity contribution is 0.524. The summed E-state index contributed by atoms with van der Waals surface area (Å²) in [7, 11) is 0. The highest BCUT2D eigenvalue weighted by Crippen LogP contribution is 2.20. The maximum Gasteiger partial charge on any atom is 0.203 e. The molecule has 5 heteroatoms. The number of nitrogens with one attached hydrogen (secondary N) is 1. The molecule has 0 amide bonds. The zero-order valence-corrected chi connectivity index (χ0v) is 11.2. The van der Waals surface area contributed by atoms with Gasteiger partial charge in [-0.2, -0.15) is 0 Å². The van der Waals surface area contributed by atoms with E-state index in [1.807, 2.05) is 24.0 Å². The van der Waals surface area contributed by atoms with Crippen molar-refractivity contribution in [1.82, 2.24) is 14.5 Å². The molecule has 0 radical (unpaired) electrons. The van der Waals surface area contributed by atoms with Crippen LogP contribution in [0.1, 0.15) is 31.8 Å². The molecule has 0 bridgehead atoms. The molecule has 0 aliphatic carbocycles. The van der Waals surface area contributed by atoms with Crippen LogP contribution in [-0.4, -0.2) is 14.5 Å². The van der Waals surface area contributed by atoms with E-state index in [0.717, 1.165) is 17.5 Å². The van der Waals surface area contributed by atoms with Gasteiger partial charge in [-0.1, -0.05) is 13.8 Å². The second kappa shape index (κ2) is 5.31. The van der Waals surface area contributed by atoms with Gasteiger partial charge in [0.1, 0.15) is 5.01 Å². The molecule has 2 rings (SSSR count). The van der Waals surface area contributed by atoms with Gasteiger partial charge in [-0.05, 0) is 12.8 Å². The maximum absolute atomic E-state index is 4.35. The van der Waals surface area contributed by atoms with Gasteiger partial charge in [0.25, 0.3) is 0 Å². The molecular formula is C12H18N4S. The van der Waals surface area contributed by atoms with Crippen molar-refractivity contribution in [2.45, 2.75) is 33.4 Å². The van der Waals surface area contributed by atoms with Crippen LogP contribution in [-0.2, 0) is 6.54 Å². The van der Waals surface area contributed by atoms with E-state index in [1.54, 1.807) is 11.3 Å². The molecule has 17 heavy (non-hydrogen) atoms. The first kappa shape index (κ1) is 12.1. The van der Waals surface area contributed by atoms with Crippen LogP contribution in [0.4, 0.5) is 5.95 Å². The van der Waals surface area contributed by atoms with Crippen LogP contribution in [0.15, 0.2) is 24.0 Å². The molecule has 1 N–H and O–H groups in total. The van der Waals surface area contributed by atoms with Crippen LogP contribution in [0.5, 0.6) is 0 Å². The summed E-state index contributed by atoms with van der Waals surface area (Å²) in [4.78, 5) is 8.65. The Kier molecular flexibility index (Phi) is 3.78. The Morgan fingerprint density at radius 1 is 1.29 bits per heavy atom. The highest BCUT2D eigenvalue weighted by molar-refractivity contribution is 7.09. The summed E-state index contributed by atoms with van der Waals surface area (Å²) in [6.07, 6.45) is 5.68. The van der Waals surface area contributed by atoms with Crippen molar-refractivity contribution in [2.75, 3.05) is 5.32 Å². The fourth-order valence-corrected chi connectivity index (χ4v) is 2.34. The summed E-state index contributed by atoms with van der Waals surface area (Å²) in [5, 5.41) is 6.48. The summed E-state index contributed by atoms with van der Waals surface area (Å²) >= 11 is 1.66. The molecular weight excluding hydrogens is 232 g/mol. The lowest BCUT2D eigenvalue weighted by Crippen LogP contribution is -2.13. The van der Waals surface area contributed by atoms with Gasteiger partial charge in [0.15, 0.2) is 0 Å². The number of aromatic nitrogens is 3. The molecule has 1 unspecified atom stereocenters. The summed E-state index contributed by atoms with van der Waals surface area (Å²) in [6, 6.07) is 0.198. The first-order valence-corrected chi connectivity index (χ1v) is 6.72. The molecule has 1 atom stereocenters. The van der Waals surface area contributed by atoms with Crippen LogP contribution in [0, 0.1) is 5.92 Å². The van der Waals surface area contributed by atoms with Gasteiger partial charge < -0.3 is 9.88 Å². The van der Waals surface area contributed by atoms with Crippen molar-refractivity contribution >= 4 is 17.3 Å². The molecule has 0 aliphatic rings. The standard InChI is InChI=1S/C12H18N4S/c1-9(2)8-16-6-4-14-12(16)15-10(3)11-13-5-7-17-11/h4-7,9-10H,8H2,1-3H3,(H,14,15). The molecule has 4 nitrogen and oxygen atoms in total. The van der Waals surface area contributed by atoms with E-state index in [-0.39, 0.29) is 6.04 Å². The van der Waals surface area contributed by atoms with Crippen molar-refractivity contribution in [2.24, 2.45) is 5.92 Å². The molecule has 0 aromatic carbocycles. The first-order valence-electron chi connectivity index (χ1n) is 5.84. The monoisotopic (exact) mass is 250 g/mol. The Morgan fingerprint density at radius 2 is 2.12 bits per heavy atom. The van der Waals surface area contributed by atoms with Crippen molar-refractivity contribution in [1.29, 1.82) is 0 Å². The largest absolute Gasteiger partial charge is 0.347 e. The summed E-state index contributed by atoms with van der Waals surface area (Å²) in [5.41, 5.74) is 0. The minimum Gasteiger partial charge on any atom is -0.347 e. The summed E-state index contributed by atoms with van der Waals surface area (Å²) < 4.78 is 2.15. The van der Waals surface area contributed by atoms with Crippen LogP contribution in [0.25, 0.3) is 0 Å². The van der Waals surface area contributed by atoms with Crippen LogP contribution < -0.4 is 5.32 Å². The molecule has 0 fully saturated rings. The molecule has 0 spiro atoms. The van der Waals surface area contributed by atoms with Gasteiger partial charge in [0, 0.05) is 30.5 Å². The number of hydrogen-bond donors (Lipinski definition) is 1. The summed E-state index contributed by atoms with van der Waals surface area (Å²) in [5.74, 6) is 1.53. The predicted octanol–water partition coefficient (Wildman–Crippen LogP) is 3.17. The summed E-state index contributed by atoms with van der Waals surface area (Å²) in [6.45, 7) is 7.49. The van der Waals surface area contributed by atoms with Gasteiger partial charge in [0.05, 0.1) is 6.04 Å². The molecule has 0 saturated carbocycles. The maximum atomic E-state index is 4.35. The highest BCUT2D eigenvalue weighted by Gasteiger charge is 2.11. The van der Waals surface area contributed by atoms with Gasteiger partial charge in [-0.25, -0.2) is 9.97 Å². The number of anilines is 1. The van der Waals surface area contributed by atoms with E-state index < -0.39 is 0 Å². The van der Waals surface area contributed by atoms with Crippen molar-refractivity contribution in [3.8, 4) is 0 Å². The third-order valence-corrected chi connectivity index (χ3v) is 3.40. The normalized spacial score (nSPS) is 12.9. The number of hydrogen-bond acceptors (Lipinski definition) is 4. The van der Waals surface area contributed by atoms with E-state index in [4.69, 9.17) is 0 Å². The van der Waals surface area contributed by atoms with E-state index in [1.165, 1.54) is 0 Å². The van der Waals surface area contributed by atoms with Gasteiger partial charge >= 0.3 is 0 Å². The van der Waals surface area contributed by atoms with Gasteiger partial charge in [-0.15, -0.1) is 11.3 Å². The predicted molar refractivity (Wildman–Crippen MR) is 71.2 cm³/mol. The number of thiazole rings is 1. The molecule has 2 aromatic heterocycles. The Balaban J connectivity index is 2.06. The van der Waals surface area contributed by atoms with Gasteiger partial charge in [-0.3, -0.25) is 0 Å². The lowest BCUT2D eigenvalue weighted by Gasteiger charge is -2.15. The smallest absolute Gasteiger partial charge is 0.203 e. The second-order valence-electron chi connectivity index (χ2n) is 4.53. The zero-order chi connectivity index (χ0) is 12.3. The minimum atomic E-state index is 0.198. The second-order valence-corrected chi connectivity index (χ2v) is 5.46. The third kappa shape index (κ3) is 3.06. The third-order valence-electron chi connectivity index (χ3n) is 2.44. The van der Waals surface area contributed by atoms with Crippen LogP contribution in [0.2, 0.25) is 0 Å². The topological polar surface area (TPSA) is 42.7 Å². The Bertz CT molecular complexity index is 447. The molecule has 2 heterocycles. The fraction of sp³-hybridized carbons (Fsp3) is 0.500. The quantitative estimate of drug-likeness (QED) is 0.886. The number of rotatable bonds is 5. The van der Waals surface area contributed by atoms with Crippen LogP contribution in [0.3, 0.4) is 0 Å². The van der Waals surface area contributed by atoms with E-state index in [2.05, 4.69) is 40.6 Å². The van der Waals surface area contributed by atoms with Crippen molar-refractivity contribution in [3.05, 3.63) is 29.0 Å². The Morgan fingerprint density at radius 3 is 2.76 bits per heavy atom. The fourth-order valence-electron chi connectivity index (χ4n) is 1.69. The zero-order valence-electron chi connectivity index (χ0n) is 10.4. The minimum absolute atomic E-state index is 0.198. The van der Waals surface area contributed by atoms with E-state index >= 15 is 0 Å². The Hall–Kier alpha value is -1.36. The highest BCUT2D eigenvalue weighted by atomic mass is 32.1. The van der Waals surface area contributed by atoms with Crippen LogP contribution >= 0.6 is 11.3 Å². The van der Waals surface area contributed by atoms with E-state index in [0.29, 0.717) is 5.92 Å². The van der Waals surface area contributed by atoms with Crippen molar-refractivity contribution < 1.29 is 0 Å². The average Bonchev–Trinajstić information content (AvgIpc) is 2.89. The lowest BCUT2D eigenvalue weighted by atomic mass is 10.2. The first-order chi connectivity index (χ1) is 8.16. The van der Waals surface area contributed by atoms with E-state index in [9.17, 15) is 0 Å².